The quantitative estimate of drug-likeness (QED) is 0.419. The van der Waals surface area contributed by atoms with E-state index in [1.54, 1.807) is 18.2 Å². The van der Waals surface area contributed by atoms with Gasteiger partial charge in [0.1, 0.15) is 24.4 Å². The molecule has 1 saturated heterocycles. The number of hydrogen-bond donors (Lipinski definition) is 5. The second-order valence-electron chi connectivity index (χ2n) is 6.13. The number of hydrogen-bond acceptors (Lipinski definition) is 8. The zero-order valence-electron chi connectivity index (χ0n) is 13.2. The molecule has 1 aromatic rings. The van der Waals surface area contributed by atoms with E-state index in [0.717, 1.165) is 0 Å². The third kappa shape index (κ3) is 3.35. The zero-order valence-corrected chi connectivity index (χ0v) is 13.2. The number of carbonyl (C=O) groups is 2. The molecule has 2 unspecified atom stereocenters. The fourth-order valence-electron chi connectivity index (χ4n) is 3.14. The first kappa shape index (κ1) is 17.7. The van der Waals surface area contributed by atoms with Crippen molar-refractivity contribution in [2.45, 2.75) is 37.1 Å². The molecule has 0 aromatic heterocycles. The molecule has 5 atom stereocenters. The van der Waals surface area contributed by atoms with Crippen LogP contribution in [0.5, 0.6) is 0 Å². The molecule has 1 heterocycles. The van der Waals surface area contributed by atoms with Crippen LogP contribution in [0, 0.1) is 0 Å². The highest BCUT2D eigenvalue weighted by Crippen LogP contribution is 2.28. The van der Waals surface area contributed by atoms with E-state index in [2.05, 4.69) is 5.32 Å². The van der Waals surface area contributed by atoms with Crippen LogP contribution in [0.25, 0.3) is 5.57 Å². The molecule has 8 heteroatoms. The smallest absolute Gasteiger partial charge is 0.178 e. The van der Waals surface area contributed by atoms with Crippen LogP contribution in [0.4, 0.5) is 5.69 Å². The van der Waals surface area contributed by atoms with Gasteiger partial charge in [-0.05, 0) is 29.3 Å². The molecule has 5 N–H and O–H groups in total. The van der Waals surface area contributed by atoms with Gasteiger partial charge in [-0.25, -0.2) is 0 Å². The predicted molar refractivity (Wildman–Crippen MR) is 86.6 cm³/mol. The molecule has 1 aliphatic heterocycles. The standard InChI is InChI=1S/C17H19NO7/c19-6-9-5-11(21)4-8-3-10(1-2-12(8)9)18-14-16(23)15(22)13(7-20)25-17(14)24/h1-3,5-6,13-18,20,22-24H,4,7H2/t13?,14?,15-,16-,17-/m0/s1. The lowest BCUT2D eigenvalue weighted by Gasteiger charge is -2.40. The molecule has 8 nitrogen and oxygen atoms in total. The molecule has 0 spiro atoms. The van der Waals surface area contributed by atoms with Crippen LogP contribution in [-0.4, -0.2) is 69.7 Å². The third-order valence-electron chi connectivity index (χ3n) is 4.46. The summed E-state index contributed by atoms with van der Waals surface area (Å²) in [4.78, 5) is 22.8. The van der Waals surface area contributed by atoms with E-state index >= 15 is 0 Å². The Balaban J connectivity index is 1.82. The maximum absolute atomic E-state index is 11.7. The average Bonchev–Trinajstić information content (AvgIpc) is 2.60. The number of ketones is 1. The number of allylic oxidation sites excluding steroid dienone is 2. The Morgan fingerprint density at radius 1 is 1.24 bits per heavy atom. The van der Waals surface area contributed by atoms with Crippen LogP contribution in [0.1, 0.15) is 11.1 Å². The maximum Gasteiger partial charge on any atom is 0.178 e. The second-order valence-corrected chi connectivity index (χ2v) is 6.13. The molecule has 0 amide bonds. The Morgan fingerprint density at radius 2 is 2.00 bits per heavy atom. The highest BCUT2D eigenvalue weighted by molar-refractivity contribution is 6.17. The van der Waals surface area contributed by atoms with E-state index in [-0.39, 0.29) is 12.2 Å². The van der Waals surface area contributed by atoms with Crippen LogP contribution in [-0.2, 0) is 20.7 Å². The van der Waals surface area contributed by atoms with Gasteiger partial charge < -0.3 is 30.5 Å². The summed E-state index contributed by atoms with van der Waals surface area (Å²) < 4.78 is 5.09. The number of aliphatic hydroxyl groups is 4. The Bertz CT molecular complexity index is 717. The van der Waals surface area contributed by atoms with E-state index in [0.29, 0.717) is 28.7 Å². The highest BCUT2D eigenvalue weighted by atomic mass is 16.6. The summed E-state index contributed by atoms with van der Waals surface area (Å²) >= 11 is 0. The molecule has 1 fully saturated rings. The van der Waals surface area contributed by atoms with Crippen molar-refractivity contribution in [3.05, 3.63) is 35.4 Å². The number of ether oxygens (including phenoxy) is 1. The number of rotatable bonds is 4. The fourth-order valence-corrected chi connectivity index (χ4v) is 3.14. The Hall–Kier alpha value is -2.10. The van der Waals surface area contributed by atoms with Crippen LogP contribution in [0.3, 0.4) is 0 Å². The van der Waals surface area contributed by atoms with Gasteiger partial charge >= 0.3 is 0 Å². The molecule has 25 heavy (non-hydrogen) atoms. The monoisotopic (exact) mass is 349 g/mol. The van der Waals surface area contributed by atoms with Crippen molar-refractivity contribution in [2.75, 3.05) is 11.9 Å². The van der Waals surface area contributed by atoms with Gasteiger partial charge in [0, 0.05) is 17.7 Å². The van der Waals surface area contributed by atoms with Gasteiger partial charge in [-0.3, -0.25) is 9.59 Å². The zero-order chi connectivity index (χ0) is 18.1. The van der Waals surface area contributed by atoms with Crippen LogP contribution in [0.2, 0.25) is 0 Å². The normalized spacial score (nSPS) is 31.9. The van der Waals surface area contributed by atoms with Gasteiger partial charge in [0.25, 0.3) is 0 Å². The van der Waals surface area contributed by atoms with E-state index in [1.165, 1.54) is 6.08 Å². The lowest BCUT2D eigenvalue weighted by atomic mass is 9.90. The summed E-state index contributed by atoms with van der Waals surface area (Å²) in [6.45, 7) is -0.538. The number of fused-ring (bicyclic) bond motifs is 1. The van der Waals surface area contributed by atoms with E-state index in [4.69, 9.17) is 9.84 Å². The molecule has 1 aromatic carbocycles. The molecule has 2 aliphatic rings. The van der Waals surface area contributed by atoms with E-state index in [9.17, 15) is 24.9 Å². The Kier molecular flexibility index (Phi) is 4.98. The number of benzene rings is 1. The minimum atomic E-state index is -1.45. The number of aliphatic hydroxyl groups excluding tert-OH is 4. The van der Waals surface area contributed by atoms with Crippen LogP contribution < -0.4 is 5.32 Å². The van der Waals surface area contributed by atoms with Gasteiger partial charge in [-0.1, -0.05) is 6.07 Å². The first-order valence-electron chi connectivity index (χ1n) is 7.84. The molecule has 134 valence electrons. The van der Waals surface area contributed by atoms with E-state index < -0.39 is 37.3 Å². The van der Waals surface area contributed by atoms with Crippen molar-refractivity contribution < 1.29 is 34.8 Å². The highest BCUT2D eigenvalue weighted by Gasteiger charge is 2.43. The topological polar surface area (TPSA) is 136 Å². The molecular weight excluding hydrogens is 330 g/mol. The summed E-state index contributed by atoms with van der Waals surface area (Å²) in [6, 6.07) is 3.92. The van der Waals surface area contributed by atoms with Crippen LogP contribution >= 0.6 is 0 Å². The lowest BCUT2D eigenvalue weighted by molar-refractivity contribution is -0.245. The summed E-state index contributed by atoms with van der Waals surface area (Å²) in [6.07, 6.45) is -3.20. The minimum absolute atomic E-state index is 0.143. The van der Waals surface area contributed by atoms with Crippen molar-refractivity contribution in [2.24, 2.45) is 0 Å². The SMILES string of the molecule is O=CC1=CC(=O)Cc2cc(NC3[C@@H](O)OC(CO)[C@H](O)[C@H]3O)ccc21. The number of nitrogens with one attached hydrogen (secondary N) is 1. The van der Waals surface area contributed by atoms with Gasteiger partial charge in [-0.15, -0.1) is 0 Å². The summed E-state index contributed by atoms with van der Waals surface area (Å²) in [5.41, 5.74) is 2.09. The number of anilines is 1. The Morgan fingerprint density at radius 3 is 2.68 bits per heavy atom. The molecular formula is C17H19NO7. The molecule has 3 rings (SSSR count). The number of carbonyl (C=O) groups excluding carboxylic acids is 2. The van der Waals surface area contributed by atoms with Crippen molar-refractivity contribution >= 4 is 23.3 Å². The fraction of sp³-hybridized carbons (Fsp3) is 0.412. The molecule has 0 saturated carbocycles. The first-order chi connectivity index (χ1) is 11.9. The Labute approximate surface area is 143 Å². The minimum Gasteiger partial charge on any atom is -0.394 e. The van der Waals surface area contributed by atoms with Crippen molar-refractivity contribution in [3.8, 4) is 0 Å². The van der Waals surface area contributed by atoms with Crippen molar-refractivity contribution in [1.29, 1.82) is 0 Å². The van der Waals surface area contributed by atoms with Gasteiger partial charge in [0.05, 0.1) is 6.61 Å². The number of aldehydes is 1. The van der Waals surface area contributed by atoms with Gasteiger partial charge in [-0.2, -0.15) is 0 Å². The van der Waals surface area contributed by atoms with Crippen molar-refractivity contribution in [1.82, 2.24) is 0 Å². The van der Waals surface area contributed by atoms with Crippen molar-refractivity contribution in [3.63, 3.8) is 0 Å². The molecule has 0 radical (unpaired) electrons. The van der Waals surface area contributed by atoms with Gasteiger partial charge in [0.2, 0.25) is 0 Å². The molecule has 0 bridgehead atoms. The first-order valence-corrected chi connectivity index (χ1v) is 7.84. The van der Waals surface area contributed by atoms with E-state index in [1.807, 2.05) is 0 Å². The third-order valence-corrected chi connectivity index (χ3v) is 4.46. The van der Waals surface area contributed by atoms with Crippen LogP contribution in [0.15, 0.2) is 24.3 Å². The average molecular weight is 349 g/mol. The summed E-state index contributed by atoms with van der Waals surface area (Å²) in [5, 5.41) is 42.0. The summed E-state index contributed by atoms with van der Waals surface area (Å²) in [7, 11) is 0. The summed E-state index contributed by atoms with van der Waals surface area (Å²) in [5.74, 6) is -0.186. The van der Waals surface area contributed by atoms with Gasteiger partial charge in [0.15, 0.2) is 18.4 Å². The second kappa shape index (κ2) is 7.03. The largest absolute Gasteiger partial charge is 0.394 e. The molecule has 1 aliphatic carbocycles. The maximum atomic E-state index is 11.7. The lowest BCUT2D eigenvalue weighted by Crippen LogP contribution is -2.61. The predicted octanol–water partition coefficient (Wildman–Crippen LogP) is -1.39.